The highest BCUT2D eigenvalue weighted by Gasteiger charge is 2.12. The number of ether oxygens (including phenoxy) is 1. The molecule has 17 heavy (non-hydrogen) atoms. The molecule has 0 aliphatic carbocycles. The first kappa shape index (κ1) is 11.4. The first-order valence-electron chi connectivity index (χ1n) is 5.34. The van der Waals surface area contributed by atoms with Crippen molar-refractivity contribution < 1.29 is 9.53 Å². The molecule has 0 fully saturated rings. The van der Waals surface area contributed by atoms with Crippen LogP contribution in [0.15, 0.2) is 36.7 Å². The Hall–Kier alpha value is -2.10. The van der Waals surface area contributed by atoms with Crippen molar-refractivity contribution in [2.24, 2.45) is 7.05 Å². The van der Waals surface area contributed by atoms with E-state index in [2.05, 4.69) is 5.10 Å². The summed E-state index contributed by atoms with van der Waals surface area (Å²) < 4.78 is 6.85. The lowest BCUT2D eigenvalue weighted by atomic mass is 10.0. The molecule has 0 atom stereocenters. The van der Waals surface area contributed by atoms with Gasteiger partial charge in [0.1, 0.15) is 5.75 Å². The Morgan fingerprint density at radius 1 is 1.41 bits per heavy atom. The van der Waals surface area contributed by atoms with E-state index in [4.69, 9.17) is 4.74 Å². The fraction of sp³-hybridized carbons (Fsp3) is 0.231. The van der Waals surface area contributed by atoms with Gasteiger partial charge in [-0.1, -0.05) is 12.1 Å². The SMILES string of the molecule is COc1ccccc1C(=O)Cc1cnn(C)c1. The van der Waals surface area contributed by atoms with Crippen molar-refractivity contribution in [1.82, 2.24) is 9.78 Å². The quantitative estimate of drug-likeness (QED) is 0.753. The molecule has 0 bridgehead atoms. The lowest BCUT2D eigenvalue weighted by Crippen LogP contribution is -2.05. The molecule has 0 amide bonds. The summed E-state index contributed by atoms with van der Waals surface area (Å²) in [4.78, 5) is 12.1. The molecule has 1 aromatic heterocycles. The van der Waals surface area contributed by atoms with E-state index in [1.54, 1.807) is 30.1 Å². The van der Waals surface area contributed by atoms with Gasteiger partial charge in [-0.25, -0.2) is 0 Å². The van der Waals surface area contributed by atoms with Crippen molar-refractivity contribution in [3.63, 3.8) is 0 Å². The fourth-order valence-corrected chi connectivity index (χ4v) is 1.72. The van der Waals surface area contributed by atoms with Crippen LogP contribution in [-0.2, 0) is 13.5 Å². The average molecular weight is 230 g/mol. The Kier molecular flexibility index (Phi) is 3.23. The van der Waals surface area contributed by atoms with Crippen LogP contribution < -0.4 is 4.74 Å². The van der Waals surface area contributed by atoms with Gasteiger partial charge < -0.3 is 4.74 Å². The number of ketones is 1. The van der Waals surface area contributed by atoms with Gasteiger partial charge in [0.05, 0.1) is 18.9 Å². The Morgan fingerprint density at radius 3 is 2.82 bits per heavy atom. The predicted octanol–water partition coefficient (Wildman–Crippen LogP) is 1.85. The van der Waals surface area contributed by atoms with Crippen LogP contribution in [0.5, 0.6) is 5.75 Å². The molecule has 4 heteroatoms. The first-order valence-corrected chi connectivity index (χ1v) is 5.34. The molecule has 0 saturated heterocycles. The largest absolute Gasteiger partial charge is 0.496 e. The second kappa shape index (κ2) is 4.82. The van der Waals surface area contributed by atoms with E-state index in [0.717, 1.165) is 5.56 Å². The second-order valence-electron chi connectivity index (χ2n) is 3.82. The summed E-state index contributed by atoms with van der Waals surface area (Å²) in [5.74, 6) is 0.650. The van der Waals surface area contributed by atoms with Gasteiger partial charge in [0, 0.05) is 19.7 Å². The summed E-state index contributed by atoms with van der Waals surface area (Å²) in [6, 6.07) is 7.24. The molecule has 88 valence electrons. The Morgan fingerprint density at radius 2 is 2.18 bits per heavy atom. The fourth-order valence-electron chi connectivity index (χ4n) is 1.72. The highest BCUT2D eigenvalue weighted by atomic mass is 16.5. The molecule has 0 saturated carbocycles. The van der Waals surface area contributed by atoms with E-state index < -0.39 is 0 Å². The highest BCUT2D eigenvalue weighted by Crippen LogP contribution is 2.19. The zero-order valence-corrected chi connectivity index (χ0v) is 9.88. The summed E-state index contributed by atoms with van der Waals surface area (Å²) in [6.07, 6.45) is 3.88. The number of methoxy groups -OCH3 is 1. The predicted molar refractivity (Wildman–Crippen MR) is 64.2 cm³/mol. The van der Waals surface area contributed by atoms with Crippen molar-refractivity contribution in [2.45, 2.75) is 6.42 Å². The smallest absolute Gasteiger partial charge is 0.171 e. The Labute approximate surface area is 99.8 Å². The van der Waals surface area contributed by atoms with Crippen LogP contribution in [0.2, 0.25) is 0 Å². The molecule has 1 aromatic carbocycles. The van der Waals surface area contributed by atoms with Crippen molar-refractivity contribution in [2.75, 3.05) is 7.11 Å². The molecule has 4 nitrogen and oxygen atoms in total. The van der Waals surface area contributed by atoms with E-state index in [-0.39, 0.29) is 5.78 Å². The molecule has 2 aromatic rings. The topological polar surface area (TPSA) is 44.1 Å². The summed E-state index contributed by atoms with van der Waals surface area (Å²) in [7, 11) is 3.40. The molecule has 1 heterocycles. The molecule has 0 spiro atoms. The maximum Gasteiger partial charge on any atom is 0.171 e. The van der Waals surface area contributed by atoms with E-state index in [1.165, 1.54) is 0 Å². The first-order chi connectivity index (χ1) is 8.20. The third-order valence-corrected chi connectivity index (χ3v) is 2.53. The van der Waals surface area contributed by atoms with Crippen LogP contribution in [-0.4, -0.2) is 22.7 Å². The lowest BCUT2D eigenvalue weighted by Gasteiger charge is -2.06. The van der Waals surface area contributed by atoms with Gasteiger partial charge in [0.2, 0.25) is 0 Å². The number of aryl methyl sites for hydroxylation is 1. The van der Waals surface area contributed by atoms with Gasteiger partial charge in [-0.05, 0) is 17.7 Å². The van der Waals surface area contributed by atoms with Crippen LogP contribution in [0.3, 0.4) is 0 Å². The van der Waals surface area contributed by atoms with E-state index in [1.807, 2.05) is 25.4 Å². The summed E-state index contributed by atoms with van der Waals surface area (Å²) in [5.41, 5.74) is 1.52. The molecule has 0 aliphatic rings. The van der Waals surface area contributed by atoms with E-state index >= 15 is 0 Å². The molecule has 0 radical (unpaired) electrons. The van der Waals surface area contributed by atoms with Crippen LogP contribution >= 0.6 is 0 Å². The van der Waals surface area contributed by atoms with Crippen LogP contribution in [0.25, 0.3) is 0 Å². The number of hydrogen-bond donors (Lipinski definition) is 0. The number of Topliss-reactive ketones (excluding diaryl/α,β-unsaturated/α-hetero) is 1. The molecule has 0 aliphatic heterocycles. The van der Waals surface area contributed by atoms with Crippen LogP contribution in [0, 0.1) is 0 Å². The highest BCUT2D eigenvalue weighted by molar-refractivity contribution is 5.99. The number of carbonyl (C=O) groups is 1. The summed E-state index contributed by atoms with van der Waals surface area (Å²) >= 11 is 0. The normalized spacial score (nSPS) is 10.2. The number of benzene rings is 1. The van der Waals surface area contributed by atoms with Gasteiger partial charge in [0.25, 0.3) is 0 Å². The Bertz CT molecular complexity index is 532. The minimum absolute atomic E-state index is 0.0375. The standard InChI is InChI=1S/C13H14N2O2/c1-15-9-10(8-14-15)7-12(16)11-5-3-4-6-13(11)17-2/h3-6,8-9H,7H2,1-2H3. The van der Waals surface area contributed by atoms with Crippen molar-refractivity contribution in [3.05, 3.63) is 47.8 Å². The van der Waals surface area contributed by atoms with Gasteiger partial charge in [-0.15, -0.1) is 0 Å². The zero-order valence-electron chi connectivity index (χ0n) is 9.88. The second-order valence-corrected chi connectivity index (χ2v) is 3.82. The third-order valence-electron chi connectivity index (χ3n) is 2.53. The average Bonchev–Trinajstić information content (AvgIpc) is 2.74. The molecular formula is C13H14N2O2. The minimum atomic E-state index is 0.0375. The maximum absolute atomic E-state index is 12.1. The maximum atomic E-state index is 12.1. The van der Waals surface area contributed by atoms with Crippen LogP contribution in [0.1, 0.15) is 15.9 Å². The lowest BCUT2D eigenvalue weighted by molar-refractivity contribution is 0.0990. The zero-order chi connectivity index (χ0) is 12.3. The molecular weight excluding hydrogens is 216 g/mol. The van der Waals surface area contributed by atoms with Crippen LogP contribution in [0.4, 0.5) is 0 Å². The number of carbonyl (C=O) groups excluding carboxylic acids is 1. The van der Waals surface area contributed by atoms with Crippen molar-refractivity contribution >= 4 is 5.78 Å². The van der Waals surface area contributed by atoms with Gasteiger partial charge >= 0.3 is 0 Å². The number of aromatic nitrogens is 2. The van der Waals surface area contributed by atoms with E-state index in [9.17, 15) is 4.79 Å². The molecule has 0 N–H and O–H groups in total. The van der Waals surface area contributed by atoms with Crippen molar-refractivity contribution in [3.8, 4) is 5.75 Å². The number of rotatable bonds is 4. The number of para-hydroxylation sites is 1. The third kappa shape index (κ3) is 2.53. The summed E-state index contributed by atoms with van der Waals surface area (Å²) in [5, 5.41) is 4.04. The van der Waals surface area contributed by atoms with E-state index in [0.29, 0.717) is 17.7 Å². The van der Waals surface area contributed by atoms with Gasteiger partial charge in [0.15, 0.2) is 5.78 Å². The van der Waals surface area contributed by atoms with Gasteiger partial charge in [-0.3, -0.25) is 9.48 Å². The number of nitrogens with zero attached hydrogens (tertiary/aromatic N) is 2. The molecule has 2 rings (SSSR count). The summed E-state index contributed by atoms with van der Waals surface area (Å²) in [6.45, 7) is 0. The van der Waals surface area contributed by atoms with Crippen molar-refractivity contribution in [1.29, 1.82) is 0 Å². The number of hydrogen-bond acceptors (Lipinski definition) is 3. The monoisotopic (exact) mass is 230 g/mol. The minimum Gasteiger partial charge on any atom is -0.496 e. The Balaban J connectivity index is 2.20. The molecule has 0 unspecified atom stereocenters. The van der Waals surface area contributed by atoms with Gasteiger partial charge in [-0.2, -0.15) is 5.10 Å².